The minimum absolute atomic E-state index is 0.0349. The van der Waals surface area contributed by atoms with Gasteiger partial charge < -0.3 is 5.11 Å². The summed E-state index contributed by atoms with van der Waals surface area (Å²) in [7, 11) is -4.50. The summed E-state index contributed by atoms with van der Waals surface area (Å²) in [5.41, 5.74) is 0. The van der Waals surface area contributed by atoms with Gasteiger partial charge in [0, 0.05) is 0 Å². The fourth-order valence-corrected chi connectivity index (χ4v) is 3.08. The van der Waals surface area contributed by atoms with E-state index in [1.54, 1.807) is 0 Å². The molecular weight excluding hydrogens is 328 g/mol. The molecule has 0 aliphatic rings. The van der Waals surface area contributed by atoms with Crippen LogP contribution in [0.5, 0.6) is 0 Å². The minimum atomic E-state index is -4.50. The van der Waals surface area contributed by atoms with E-state index in [1.807, 2.05) is 0 Å². The Bertz CT molecular complexity index is 480. The monoisotopic (exact) mass is 360 g/mol. The summed E-state index contributed by atoms with van der Waals surface area (Å²) in [4.78, 5) is 10.8. The molecule has 0 aliphatic carbocycles. The number of hydrogen-bond acceptors (Lipinski definition) is 3. The molecule has 0 heterocycles. The Morgan fingerprint density at radius 2 is 1.46 bits per heavy atom. The summed E-state index contributed by atoms with van der Waals surface area (Å²) in [5.74, 6) is -1.48. The quantitative estimate of drug-likeness (QED) is 0.250. The largest absolute Gasteiger partial charge is 0.480 e. The second kappa shape index (κ2) is 14.2. The van der Waals surface area contributed by atoms with Crippen molar-refractivity contribution in [3.63, 3.8) is 0 Å². The van der Waals surface area contributed by atoms with Crippen LogP contribution in [-0.2, 0) is 14.9 Å². The third-order valence-electron chi connectivity index (χ3n) is 3.80. The first-order valence-corrected chi connectivity index (χ1v) is 10.4. The first kappa shape index (κ1) is 22.9. The molecular formula is C18H32O5S. The molecule has 0 fully saturated rings. The van der Waals surface area contributed by atoms with Gasteiger partial charge in [0.15, 0.2) is 5.25 Å². The fraction of sp³-hybridized carbons (Fsp3) is 0.722. The van der Waals surface area contributed by atoms with Crippen molar-refractivity contribution < 1.29 is 22.9 Å². The van der Waals surface area contributed by atoms with Gasteiger partial charge in [-0.25, -0.2) is 0 Å². The van der Waals surface area contributed by atoms with E-state index in [-0.39, 0.29) is 6.42 Å². The van der Waals surface area contributed by atoms with E-state index in [1.165, 1.54) is 19.3 Å². The average molecular weight is 361 g/mol. The number of carboxylic acids is 1. The molecule has 0 aromatic rings. The summed E-state index contributed by atoms with van der Waals surface area (Å²) in [6, 6.07) is 0. The lowest BCUT2D eigenvalue weighted by molar-refractivity contribution is -0.136. The zero-order valence-corrected chi connectivity index (χ0v) is 15.5. The Kier molecular flexibility index (Phi) is 13.5. The van der Waals surface area contributed by atoms with Crippen molar-refractivity contribution in [1.29, 1.82) is 0 Å². The van der Waals surface area contributed by atoms with Gasteiger partial charge in [0.1, 0.15) is 0 Å². The molecule has 0 aliphatic heterocycles. The Balaban J connectivity index is 3.60. The molecule has 0 rings (SSSR count). The van der Waals surface area contributed by atoms with Crippen LogP contribution < -0.4 is 0 Å². The summed E-state index contributed by atoms with van der Waals surface area (Å²) >= 11 is 0. The zero-order valence-electron chi connectivity index (χ0n) is 14.7. The van der Waals surface area contributed by atoms with E-state index in [0.717, 1.165) is 38.5 Å². The van der Waals surface area contributed by atoms with Gasteiger partial charge in [0.2, 0.25) is 0 Å². The third kappa shape index (κ3) is 13.3. The molecule has 0 saturated carbocycles. The molecule has 1 unspecified atom stereocenters. The Morgan fingerprint density at radius 1 is 0.917 bits per heavy atom. The van der Waals surface area contributed by atoms with E-state index >= 15 is 0 Å². The molecule has 5 nitrogen and oxygen atoms in total. The maximum absolute atomic E-state index is 10.9. The molecule has 140 valence electrons. The van der Waals surface area contributed by atoms with Gasteiger partial charge in [0.25, 0.3) is 10.1 Å². The molecule has 24 heavy (non-hydrogen) atoms. The Hall–Kier alpha value is -1.14. The lowest BCUT2D eigenvalue weighted by atomic mass is 10.1. The summed E-state index contributed by atoms with van der Waals surface area (Å²) in [5, 5.41) is 7.07. The smallest absolute Gasteiger partial charge is 0.324 e. The molecule has 6 heteroatoms. The van der Waals surface area contributed by atoms with Crippen LogP contribution in [0, 0.1) is 0 Å². The zero-order chi connectivity index (χ0) is 18.3. The van der Waals surface area contributed by atoms with Crippen molar-refractivity contribution in [2.75, 3.05) is 0 Å². The molecule has 0 aromatic heterocycles. The number of carboxylic acid groups (broad SMARTS) is 1. The Morgan fingerprint density at radius 3 is 1.96 bits per heavy atom. The van der Waals surface area contributed by atoms with Gasteiger partial charge in [-0.2, -0.15) is 8.42 Å². The highest BCUT2D eigenvalue weighted by Gasteiger charge is 2.29. The second-order valence-electron chi connectivity index (χ2n) is 6.01. The van der Waals surface area contributed by atoms with Gasteiger partial charge in [-0.15, -0.1) is 0 Å². The summed E-state index contributed by atoms with van der Waals surface area (Å²) in [6.07, 6.45) is 18.8. The van der Waals surface area contributed by atoms with Crippen LogP contribution in [0.2, 0.25) is 0 Å². The highest BCUT2D eigenvalue weighted by molar-refractivity contribution is 7.87. The number of allylic oxidation sites excluding steroid dienone is 4. The van der Waals surface area contributed by atoms with Crippen molar-refractivity contribution in [1.82, 2.24) is 0 Å². The maximum Gasteiger partial charge on any atom is 0.324 e. The summed E-state index contributed by atoms with van der Waals surface area (Å²) < 4.78 is 30.6. The predicted octanol–water partition coefficient (Wildman–Crippen LogP) is 4.75. The van der Waals surface area contributed by atoms with Crippen molar-refractivity contribution in [3.05, 3.63) is 24.3 Å². The molecule has 0 bridgehead atoms. The van der Waals surface area contributed by atoms with Crippen LogP contribution in [0.4, 0.5) is 0 Å². The molecule has 0 spiro atoms. The topological polar surface area (TPSA) is 91.7 Å². The highest BCUT2D eigenvalue weighted by Crippen LogP contribution is 2.13. The minimum Gasteiger partial charge on any atom is -0.480 e. The van der Waals surface area contributed by atoms with E-state index in [4.69, 9.17) is 9.66 Å². The van der Waals surface area contributed by atoms with Gasteiger partial charge in [0.05, 0.1) is 0 Å². The van der Waals surface area contributed by atoms with Crippen molar-refractivity contribution in [2.24, 2.45) is 0 Å². The lowest BCUT2D eigenvalue weighted by Gasteiger charge is -2.08. The molecule has 0 aromatic carbocycles. The Labute approximate surface area is 146 Å². The van der Waals surface area contributed by atoms with Crippen molar-refractivity contribution >= 4 is 16.1 Å². The highest BCUT2D eigenvalue weighted by atomic mass is 32.2. The average Bonchev–Trinajstić information content (AvgIpc) is 2.49. The normalized spacial score (nSPS) is 13.8. The second-order valence-corrected chi connectivity index (χ2v) is 7.61. The van der Waals surface area contributed by atoms with Crippen LogP contribution in [0.3, 0.4) is 0 Å². The van der Waals surface area contributed by atoms with Gasteiger partial charge in [-0.3, -0.25) is 9.35 Å². The maximum atomic E-state index is 10.9. The first-order chi connectivity index (χ1) is 11.4. The van der Waals surface area contributed by atoms with E-state index in [9.17, 15) is 13.2 Å². The number of unbranched alkanes of at least 4 members (excludes halogenated alkanes) is 7. The van der Waals surface area contributed by atoms with E-state index in [0.29, 0.717) is 6.42 Å². The van der Waals surface area contributed by atoms with Gasteiger partial charge in [-0.1, -0.05) is 63.3 Å². The lowest BCUT2D eigenvalue weighted by Crippen LogP contribution is -2.29. The van der Waals surface area contributed by atoms with Crippen LogP contribution >= 0.6 is 0 Å². The van der Waals surface area contributed by atoms with Crippen molar-refractivity contribution in [3.8, 4) is 0 Å². The number of aliphatic carboxylic acids is 1. The number of rotatable bonds is 15. The predicted molar refractivity (Wildman–Crippen MR) is 97.7 cm³/mol. The molecule has 2 N–H and O–H groups in total. The molecule has 0 saturated heterocycles. The standard InChI is InChI=1S/C18H32O5S/c1-2-3-4-5-6-7-8-9-10-11-12-13-14-15-16-17(18(19)20)24(21,22)23/h6-7,9-10,17H,2-5,8,11-16H2,1H3,(H,19,20)(H,21,22,23). The van der Waals surface area contributed by atoms with Crippen LogP contribution in [0.1, 0.15) is 77.6 Å². The van der Waals surface area contributed by atoms with Crippen LogP contribution in [0.25, 0.3) is 0 Å². The number of carbonyl (C=O) groups is 1. The number of hydrogen-bond donors (Lipinski definition) is 2. The van der Waals surface area contributed by atoms with Crippen molar-refractivity contribution in [2.45, 2.75) is 82.8 Å². The van der Waals surface area contributed by atoms with Gasteiger partial charge in [-0.05, 0) is 38.5 Å². The van der Waals surface area contributed by atoms with E-state index in [2.05, 4.69) is 31.2 Å². The molecule has 0 amide bonds. The fourth-order valence-electron chi connectivity index (χ4n) is 2.36. The third-order valence-corrected chi connectivity index (χ3v) is 4.96. The SMILES string of the molecule is CCCCCC=CCC=CCCCCCCC(C(=O)O)S(=O)(=O)O. The molecule has 0 radical (unpaired) electrons. The van der Waals surface area contributed by atoms with Crippen LogP contribution in [-0.4, -0.2) is 29.3 Å². The first-order valence-electron chi connectivity index (χ1n) is 8.88. The van der Waals surface area contributed by atoms with Gasteiger partial charge >= 0.3 is 5.97 Å². The van der Waals surface area contributed by atoms with Crippen LogP contribution in [0.15, 0.2) is 24.3 Å². The summed E-state index contributed by atoms with van der Waals surface area (Å²) in [6.45, 7) is 2.20. The molecule has 1 atom stereocenters. The van der Waals surface area contributed by atoms with E-state index < -0.39 is 21.3 Å².